The Morgan fingerprint density at radius 2 is 2.08 bits per heavy atom. The Kier molecular flexibility index (Phi) is 4.69. The number of ether oxygens (including phenoxy) is 1. The summed E-state index contributed by atoms with van der Waals surface area (Å²) in [6.45, 7) is 1.93. The predicted molar refractivity (Wildman–Crippen MR) is 91.5 cm³/mol. The quantitative estimate of drug-likeness (QED) is 0.715. The highest BCUT2D eigenvalue weighted by atomic mass is 19.1. The Morgan fingerprint density at radius 1 is 1.15 bits per heavy atom. The van der Waals surface area contributed by atoms with Gasteiger partial charge in [-0.3, -0.25) is 4.98 Å². The zero-order valence-corrected chi connectivity index (χ0v) is 13.8. The van der Waals surface area contributed by atoms with Crippen LogP contribution in [0.2, 0.25) is 0 Å². The molecule has 3 aromatic rings. The molecule has 26 heavy (non-hydrogen) atoms. The maximum absolute atomic E-state index is 13.2. The van der Waals surface area contributed by atoms with Crippen LogP contribution in [0.5, 0.6) is 0 Å². The summed E-state index contributed by atoms with van der Waals surface area (Å²) >= 11 is 0. The lowest BCUT2D eigenvalue weighted by atomic mass is 10.2. The molecule has 0 spiro atoms. The van der Waals surface area contributed by atoms with Crippen LogP contribution in [0.1, 0.15) is 23.1 Å². The van der Waals surface area contributed by atoms with E-state index in [0.717, 1.165) is 6.54 Å². The summed E-state index contributed by atoms with van der Waals surface area (Å²) in [7, 11) is 0. The summed E-state index contributed by atoms with van der Waals surface area (Å²) in [5.74, 6) is 6.45. The van der Waals surface area contributed by atoms with Crippen LogP contribution in [-0.2, 0) is 4.74 Å². The van der Waals surface area contributed by atoms with Gasteiger partial charge in [0.2, 0.25) is 11.7 Å². The zero-order chi connectivity index (χ0) is 17.8. The third-order valence-electron chi connectivity index (χ3n) is 3.83. The molecule has 0 saturated carbocycles. The first-order valence-corrected chi connectivity index (χ1v) is 8.17. The Bertz CT molecular complexity index is 953. The molecule has 1 fully saturated rings. The highest BCUT2D eigenvalue weighted by Gasteiger charge is 2.22. The molecule has 2 aromatic heterocycles. The molecule has 6 nitrogen and oxygen atoms in total. The first-order chi connectivity index (χ1) is 12.8. The topological polar surface area (TPSA) is 73.1 Å². The van der Waals surface area contributed by atoms with E-state index in [1.165, 1.54) is 12.1 Å². The van der Waals surface area contributed by atoms with Crippen molar-refractivity contribution in [2.75, 3.05) is 19.8 Å². The van der Waals surface area contributed by atoms with Gasteiger partial charge in [-0.2, -0.15) is 4.98 Å². The minimum atomic E-state index is -0.309. The van der Waals surface area contributed by atoms with Gasteiger partial charge in [-0.05, 0) is 30.3 Å². The van der Waals surface area contributed by atoms with Crippen LogP contribution in [0.25, 0.3) is 11.5 Å². The van der Waals surface area contributed by atoms with E-state index in [2.05, 4.69) is 32.3 Å². The third kappa shape index (κ3) is 3.77. The van der Waals surface area contributed by atoms with E-state index in [1.54, 1.807) is 24.4 Å². The van der Waals surface area contributed by atoms with E-state index in [9.17, 15) is 4.39 Å². The average Bonchev–Trinajstić information content (AvgIpc) is 3.18. The van der Waals surface area contributed by atoms with Crippen molar-refractivity contribution < 1.29 is 13.7 Å². The maximum atomic E-state index is 13.2. The number of aromatic nitrogens is 3. The standard InChI is InChI=1S/C19H15FN4O2/c20-15-3-1-2-13(10-15)4-5-14-6-7-16(22-11-14)18-23-19(26-24-18)17-12-25-9-8-21-17/h1-3,6-7,10-11,17,21H,8-9,12H2. The second kappa shape index (κ2) is 7.44. The predicted octanol–water partition coefficient (Wildman–Crippen LogP) is 2.33. The Hall–Kier alpha value is -3.08. The molecule has 0 amide bonds. The van der Waals surface area contributed by atoms with Gasteiger partial charge in [-0.25, -0.2) is 4.39 Å². The Morgan fingerprint density at radius 3 is 2.85 bits per heavy atom. The molecule has 0 aliphatic carbocycles. The van der Waals surface area contributed by atoms with Crippen LogP contribution in [-0.4, -0.2) is 34.9 Å². The van der Waals surface area contributed by atoms with Gasteiger partial charge in [-0.1, -0.05) is 23.1 Å². The van der Waals surface area contributed by atoms with Gasteiger partial charge in [0.05, 0.1) is 13.2 Å². The van der Waals surface area contributed by atoms with Crippen molar-refractivity contribution >= 4 is 0 Å². The van der Waals surface area contributed by atoms with Gasteiger partial charge < -0.3 is 14.6 Å². The molecule has 4 rings (SSSR count). The molecular formula is C19H15FN4O2. The number of pyridine rings is 1. The summed E-state index contributed by atoms with van der Waals surface area (Å²) < 4.78 is 23.8. The second-order valence-corrected chi connectivity index (χ2v) is 5.73. The van der Waals surface area contributed by atoms with Crippen molar-refractivity contribution in [3.05, 3.63) is 65.4 Å². The molecule has 1 aromatic carbocycles. The summed E-state index contributed by atoms with van der Waals surface area (Å²) in [6, 6.07) is 9.64. The van der Waals surface area contributed by atoms with Crippen molar-refractivity contribution in [3.63, 3.8) is 0 Å². The third-order valence-corrected chi connectivity index (χ3v) is 3.83. The molecule has 0 radical (unpaired) electrons. The van der Waals surface area contributed by atoms with Crippen molar-refractivity contribution in [2.24, 2.45) is 0 Å². The zero-order valence-electron chi connectivity index (χ0n) is 13.8. The van der Waals surface area contributed by atoms with Gasteiger partial charge in [0.15, 0.2) is 0 Å². The van der Waals surface area contributed by atoms with Gasteiger partial charge in [0, 0.05) is 23.9 Å². The molecular weight excluding hydrogens is 335 g/mol. The van der Waals surface area contributed by atoms with Gasteiger partial charge in [0.1, 0.15) is 17.6 Å². The maximum Gasteiger partial charge on any atom is 0.246 e. The van der Waals surface area contributed by atoms with Crippen LogP contribution in [0, 0.1) is 17.7 Å². The minimum Gasteiger partial charge on any atom is -0.378 e. The number of hydrogen-bond acceptors (Lipinski definition) is 6. The second-order valence-electron chi connectivity index (χ2n) is 5.73. The molecule has 130 valence electrons. The number of halogens is 1. The van der Waals surface area contributed by atoms with Crippen LogP contribution in [0.3, 0.4) is 0 Å². The summed E-state index contributed by atoms with van der Waals surface area (Å²) in [5, 5.41) is 7.23. The first kappa shape index (κ1) is 16.4. The van der Waals surface area contributed by atoms with Crippen LogP contribution in [0.15, 0.2) is 47.1 Å². The molecule has 3 heterocycles. The lowest BCUT2D eigenvalue weighted by molar-refractivity contribution is 0.0659. The van der Waals surface area contributed by atoms with Crippen molar-refractivity contribution in [1.82, 2.24) is 20.4 Å². The number of morpholine rings is 1. The lowest BCUT2D eigenvalue weighted by Crippen LogP contribution is -2.34. The molecule has 1 atom stereocenters. The van der Waals surface area contributed by atoms with Gasteiger partial charge >= 0.3 is 0 Å². The molecule has 1 aliphatic heterocycles. The fourth-order valence-electron chi connectivity index (χ4n) is 2.52. The van der Waals surface area contributed by atoms with E-state index < -0.39 is 0 Å². The highest BCUT2D eigenvalue weighted by molar-refractivity contribution is 5.51. The largest absolute Gasteiger partial charge is 0.378 e. The summed E-state index contributed by atoms with van der Waals surface area (Å²) in [5.41, 5.74) is 1.91. The molecule has 1 aliphatic rings. The number of nitrogens with one attached hydrogen (secondary N) is 1. The molecule has 1 saturated heterocycles. The Balaban J connectivity index is 1.49. The average molecular weight is 350 g/mol. The number of benzene rings is 1. The van der Waals surface area contributed by atoms with E-state index in [-0.39, 0.29) is 11.9 Å². The number of rotatable bonds is 2. The summed E-state index contributed by atoms with van der Waals surface area (Å²) in [6.07, 6.45) is 1.62. The molecule has 0 bridgehead atoms. The minimum absolute atomic E-state index is 0.0959. The van der Waals surface area contributed by atoms with Crippen molar-refractivity contribution in [1.29, 1.82) is 0 Å². The fourth-order valence-corrected chi connectivity index (χ4v) is 2.52. The monoisotopic (exact) mass is 350 g/mol. The molecule has 1 unspecified atom stereocenters. The van der Waals surface area contributed by atoms with E-state index in [4.69, 9.17) is 9.26 Å². The van der Waals surface area contributed by atoms with E-state index in [0.29, 0.717) is 41.7 Å². The van der Waals surface area contributed by atoms with Crippen LogP contribution >= 0.6 is 0 Å². The fraction of sp³-hybridized carbons (Fsp3) is 0.211. The molecule has 7 heteroatoms. The van der Waals surface area contributed by atoms with Gasteiger partial charge in [0.25, 0.3) is 0 Å². The van der Waals surface area contributed by atoms with E-state index >= 15 is 0 Å². The molecule has 1 N–H and O–H groups in total. The van der Waals surface area contributed by atoms with Crippen LogP contribution in [0.4, 0.5) is 4.39 Å². The van der Waals surface area contributed by atoms with Gasteiger partial charge in [-0.15, -0.1) is 0 Å². The number of nitrogens with zero attached hydrogens (tertiary/aromatic N) is 3. The van der Waals surface area contributed by atoms with Crippen molar-refractivity contribution in [2.45, 2.75) is 6.04 Å². The first-order valence-electron chi connectivity index (χ1n) is 8.17. The smallest absolute Gasteiger partial charge is 0.246 e. The normalized spacial score (nSPS) is 16.7. The highest BCUT2D eigenvalue weighted by Crippen LogP contribution is 2.18. The lowest BCUT2D eigenvalue weighted by Gasteiger charge is -2.20. The van der Waals surface area contributed by atoms with Crippen LogP contribution < -0.4 is 5.32 Å². The number of hydrogen-bond donors (Lipinski definition) is 1. The van der Waals surface area contributed by atoms with Crippen molar-refractivity contribution in [3.8, 4) is 23.4 Å². The van der Waals surface area contributed by atoms with E-state index in [1.807, 2.05) is 6.07 Å². The SMILES string of the molecule is Fc1cccc(C#Cc2ccc(-c3noc(C4COCCN4)n3)nc2)c1. The summed E-state index contributed by atoms with van der Waals surface area (Å²) in [4.78, 5) is 8.70. The Labute approximate surface area is 149 Å².